The molecule has 2 rings (SSSR count). The van der Waals surface area contributed by atoms with E-state index in [0.29, 0.717) is 17.3 Å². The van der Waals surface area contributed by atoms with Crippen LogP contribution in [-0.4, -0.2) is 37.3 Å². The number of carbonyl (C=O) groups is 1. The number of ether oxygens (including phenoxy) is 2. The Morgan fingerprint density at radius 3 is 2.95 bits per heavy atom. The second-order valence-electron chi connectivity index (χ2n) is 4.77. The molecule has 1 unspecified atom stereocenters. The summed E-state index contributed by atoms with van der Waals surface area (Å²) in [5.74, 6) is 0.768. The fourth-order valence-corrected chi connectivity index (χ4v) is 2.34. The maximum Gasteiger partial charge on any atom is 0.341 e. The largest absolute Gasteiger partial charge is 0.465 e. The second kappa shape index (κ2) is 6.52. The summed E-state index contributed by atoms with van der Waals surface area (Å²) in [5.41, 5.74) is 0.476. The molecule has 0 aromatic carbocycles. The summed E-state index contributed by atoms with van der Waals surface area (Å²) in [6, 6.07) is 3.70. The molecule has 2 heterocycles. The Bertz CT molecular complexity index is 430. The van der Waals surface area contributed by atoms with Crippen LogP contribution in [0.15, 0.2) is 18.3 Å². The molecule has 0 amide bonds. The molecule has 1 aromatic heterocycles. The van der Waals surface area contributed by atoms with Crippen molar-refractivity contribution in [3.63, 3.8) is 0 Å². The standard InChI is InChI=1S/C14H20N2O3/c1-10(11-5-8-19-9-6-11)16-13-12(14(17)18-2)4-3-7-15-13/h3-4,7,10-11H,5-6,8-9H2,1-2H3,(H,15,16). The highest BCUT2D eigenvalue weighted by Gasteiger charge is 2.22. The van der Waals surface area contributed by atoms with Gasteiger partial charge in [0, 0.05) is 25.5 Å². The lowest BCUT2D eigenvalue weighted by Crippen LogP contribution is -2.31. The number of carbonyl (C=O) groups excluding carboxylic acids is 1. The van der Waals surface area contributed by atoms with Crippen LogP contribution in [0.25, 0.3) is 0 Å². The molecule has 1 aliphatic rings. The van der Waals surface area contributed by atoms with Gasteiger partial charge in [0.05, 0.1) is 7.11 Å². The van der Waals surface area contributed by atoms with Crippen molar-refractivity contribution in [3.8, 4) is 0 Å². The van der Waals surface area contributed by atoms with Crippen molar-refractivity contribution in [3.05, 3.63) is 23.9 Å². The van der Waals surface area contributed by atoms with Crippen molar-refractivity contribution >= 4 is 11.8 Å². The summed E-state index contributed by atoms with van der Waals surface area (Å²) in [7, 11) is 1.38. The first-order valence-electron chi connectivity index (χ1n) is 6.60. The zero-order valence-corrected chi connectivity index (χ0v) is 11.4. The van der Waals surface area contributed by atoms with E-state index in [4.69, 9.17) is 9.47 Å². The molecule has 1 N–H and O–H groups in total. The molecule has 1 aromatic rings. The molecule has 5 heteroatoms. The Morgan fingerprint density at radius 1 is 1.53 bits per heavy atom. The highest BCUT2D eigenvalue weighted by molar-refractivity contribution is 5.94. The Labute approximate surface area is 113 Å². The van der Waals surface area contributed by atoms with Gasteiger partial charge in [-0.3, -0.25) is 0 Å². The van der Waals surface area contributed by atoms with Gasteiger partial charge in [-0.05, 0) is 37.8 Å². The number of esters is 1. The molecule has 0 bridgehead atoms. The molecule has 5 nitrogen and oxygen atoms in total. The van der Waals surface area contributed by atoms with Crippen LogP contribution in [0.2, 0.25) is 0 Å². The molecular formula is C14H20N2O3. The number of anilines is 1. The third-order valence-corrected chi connectivity index (χ3v) is 3.55. The summed E-state index contributed by atoms with van der Waals surface area (Å²) >= 11 is 0. The lowest BCUT2D eigenvalue weighted by atomic mass is 9.93. The number of methoxy groups -OCH3 is 1. The number of rotatable bonds is 4. The van der Waals surface area contributed by atoms with Crippen molar-refractivity contribution in [2.45, 2.75) is 25.8 Å². The first-order valence-corrected chi connectivity index (χ1v) is 6.60. The van der Waals surface area contributed by atoms with Gasteiger partial charge in [-0.25, -0.2) is 9.78 Å². The van der Waals surface area contributed by atoms with E-state index in [1.807, 2.05) is 0 Å². The van der Waals surface area contributed by atoms with Gasteiger partial charge in [0.15, 0.2) is 0 Å². The molecule has 104 valence electrons. The minimum Gasteiger partial charge on any atom is -0.465 e. The smallest absolute Gasteiger partial charge is 0.341 e. The van der Waals surface area contributed by atoms with E-state index < -0.39 is 0 Å². The van der Waals surface area contributed by atoms with Crippen LogP contribution < -0.4 is 5.32 Å². The molecular weight excluding hydrogens is 244 g/mol. The van der Waals surface area contributed by atoms with E-state index >= 15 is 0 Å². The average Bonchev–Trinajstić information content (AvgIpc) is 2.48. The third-order valence-electron chi connectivity index (χ3n) is 3.55. The first-order chi connectivity index (χ1) is 9.22. The summed E-state index contributed by atoms with van der Waals surface area (Å²) in [4.78, 5) is 15.9. The number of aromatic nitrogens is 1. The summed E-state index contributed by atoms with van der Waals surface area (Å²) in [6.07, 6.45) is 3.74. The summed E-state index contributed by atoms with van der Waals surface area (Å²) in [5, 5.41) is 3.33. The van der Waals surface area contributed by atoms with Gasteiger partial charge in [-0.2, -0.15) is 0 Å². The quantitative estimate of drug-likeness (QED) is 0.844. The lowest BCUT2D eigenvalue weighted by Gasteiger charge is -2.29. The Balaban J connectivity index is 2.07. The van der Waals surface area contributed by atoms with Crippen LogP contribution in [0.3, 0.4) is 0 Å². The molecule has 0 aliphatic carbocycles. The van der Waals surface area contributed by atoms with Gasteiger partial charge in [-0.15, -0.1) is 0 Å². The monoisotopic (exact) mass is 264 g/mol. The van der Waals surface area contributed by atoms with Gasteiger partial charge in [0.2, 0.25) is 0 Å². The number of hydrogen-bond acceptors (Lipinski definition) is 5. The van der Waals surface area contributed by atoms with Crippen LogP contribution in [0, 0.1) is 5.92 Å². The second-order valence-corrected chi connectivity index (χ2v) is 4.77. The molecule has 0 spiro atoms. The van der Waals surface area contributed by atoms with Crippen LogP contribution >= 0.6 is 0 Å². The number of nitrogens with one attached hydrogen (secondary N) is 1. The van der Waals surface area contributed by atoms with Crippen molar-refractivity contribution in [2.24, 2.45) is 5.92 Å². The predicted molar refractivity (Wildman–Crippen MR) is 72.2 cm³/mol. The minimum absolute atomic E-state index is 0.252. The predicted octanol–water partition coefficient (Wildman–Crippen LogP) is 2.10. The van der Waals surface area contributed by atoms with Gasteiger partial charge in [0.25, 0.3) is 0 Å². The zero-order chi connectivity index (χ0) is 13.7. The number of hydrogen-bond donors (Lipinski definition) is 1. The van der Waals surface area contributed by atoms with E-state index in [2.05, 4.69) is 17.2 Å². The van der Waals surface area contributed by atoms with Gasteiger partial charge < -0.3 is 14.8 Å². The zero-order valence-electron chi connectivity index (χ0n) is 11.4. The molecule has 0 radical (unpaired) electrons. The molecule has 1 atom stereocenters. The normalized spacial score (nSPS) is 17.8. The van der Waals surface area contributed by atoms with Crippen molar-refractivity contribution in [1.29, 1.82) is 0 Å². The Kier molecular flexibility index (Phi) is 4.74. The Morgan fingerprint density at radius 2 is 2.26 bits per heavy atom. The SMILES string of the molecule is COC(=O)c1cccnc1NC(C)C1CCOCC1. The van der Waals surface area contributed by atoms with E-state index in [1.54, 1.807) is 18.3 Å². The number of pyridine rings is 1. The molecule has 0 saturated carbocycles. The maximum absolute atomic E-state index is 11.7. The first kappa shape index (κ1) is 13.8. The average molecular weight is 264 g/mol. The van der Waals surface area contributed by atoms with Crippen LogP contribution in [0.1, 0.15) is 30.1 Å². The minimum atomic E-state index is -0.366. The van der Waals surface area contributed by atoms with E-state index in [-0.39, 0.29) is 12.0 Å². The van der Waals surface area contributed by atoms with Crippen molar-refractivity contribution in [1.82, 2.24) is 4.98 Å². The molecule has 1 saturated heterocycles. The van der Waals surface area contributed by atoms with Crippen molar-refractivity contribution in [2.75, 3.05) is 25.6 Å². The third kappa shape index (κ3) is 3.44. The summed E-state index contributed by atoms with van der Waals surface area (Å²) in [6.45, 7) is 3.73. The van der Waals surface area contributed by atoms with Crippen LogP contribution in [0.4, 0.5) is 5.82 Å². The highest BCUT2D eigenvalue weighted by Crippen LogP contribution is 2.22. The van der Waals surface area contributed by atoms with E-state index in [1.165, 1.54) is 7.11 Å². The van der Waals surface area contributed by atoms with Gasteiger partial charge >= 0.3 is 5.97 Å². The lowest BCUT2D eigenvalue weighted by molar-refractivity contribution is 0.0596. The fraction of sp³-hybridized carbons (Fsp3) is 0.571. The molecule has 1 aliphatic heterocycles. The fourth-order valence-electron chi connectivity index (χ4n) is 2.34. The highest BCUT2D eigenvalue weighted by atomic mass is 16.5. The van der Waals surface area contributed by atoms with Crippen LogP contribution in [0.5, 0.6) is 0 Å². The van der Waals surface area contributed by atoms with Crippen molar-refractivity contribution < 1.29 is 14.3 Å². The van der Waals surface area contributed by atoms with Gasteiger partial charge in [-0.1, -0.05) is 0 Å². The maximum atomic E-state index is 11.7. The van der Waals surface area contributed by atoms with E-state index in [0.717, 1.165) is 26.1 Å². The van der Waals surface area contributed by atoms with E-state index in [9.17, 15) is 4.79 Å². The summed E-state index contributed by atoms with van der Waals surface area (Å²) < 4.78 is 10.1. The molecule has 19 heavy (non-hydrogen) atoms. The van der Waals surface area contributed by atoms with Gasteiger partial charge in [0.1, 0.15) is 11.4 Å². The Hall–Kier alpha value is -1.62. The molecule has 1 fully saturated rings. The van der Waals surface area contributed by atoms with Crippen LogP contribution in [-0.2, 0) is 9.47 Å². The topological polar surface area (TPSA) is 60.5 Å². The number of nitrogens with zero attached hydrogens (tertiary/aromatic N) is 1.